The number of sulfonamides is 1. The van der Waals surface area contributed by atoms with Gasteiger partial charge in [0.25, 0.3) is 5.91 Å². The molecular formula is C22H28N2O3S. The largest absolute Gasteiger partial charge is 0.322 e. The van der Waals surface area contributed by atoms with E-state index in [1.807, 2.05) is 24.3 Å². The van der Waals surface area contributed by atoms with Crippen LogP contribution in [-0.2, 0) is 15.8 Å². The van der Waals surface area contributed by atoms with E-state index < -0.39 is 10.0 Å². The van der Waals surface area contributed by atoms with Crippen LogP contribution in [0.5, 0.6) is 0 Å². The topological polar surface area (TPSA) is 66.5 Å². The number of hydrogen-bond donors (Lipinski definition) is 1. The smallest absolute Gasteiger partial charge is 0.255 e. The summed E-state index contributed by atoms with van der Waals surface area (Å²) in [4.78, 5) is 12.6. The molecule has 1 aliphatic rings. The maximum absolute atomic E-state index is 12.6. The Morgan fingerprint density at radius 3 is 2.29 bits per heavy atom. The summed E-state index contributed by atoms with van der Waals surface area (Å²) in [5.74, 6) is 0.0860. The maximum Gasteiger partial charge on any atom is 0.255 e. The van der Waals surface area contributed by atoms with Crippen molar-refractivity contribution in [2.45, 2.75) is 44.8 Å². The first-order valence-electron chi connectivity index (χ1n) is 9.84. The highest BCUT2D eigenvalue weighted by molar-refractivity contribution is 7.88. The molecule has 0 spiro atoms. The minimum Gasteiger partial charge on any atom is -0.322 e. The van der Waals surface area contributed by atoms with Crippen LogP contribution in [0.15, 0.2) is 48.5 Å². The van der Waals surface area contributed by atoms with E-state index >= 15 is 0 Å². The molecular weight excluding hydrogens is 372 g/mol. The van der Waals surface area contributed by atoms with E-state index in [9.17, 15) is 13.2 Å². The number of nitrogens with one attached hydrogen (secondary N) is 1. The molecule has 1 amide bonds. The second-order valence-corrected chi connectivity index (χ2v) is 9.58. The van der Waals surface area contributed by atoms with Gasteiger partial charge in [-0.2, -0.15) is 0 Å². The molecule has 1 saturated heterocycles. The molecule has 1 N–H and O–H groups in total. The van der Waals surface area contributed by atoms with Gasteiger partial charge < -0.3 is 5.32 Å². The van der Waals surface area contributed by atoms with Crippen molar-refractivity contribution >= 4 is 21.6 Å². The molecule has 0 atom stereocenters. The Morgan fingerprint density at radius 1 is 1.00 bits per heavy atom. The van der Waals surface area contributed by atoms with Gasteiger partial charge in [0.05, 0.1) is 5.75 Å². The molecule has 0 unspecified atom stereocenters. The number of para-hydroxylation sites is 1. The van der Waals surface area contributed by atoms with E-state index in [1.165, 1.54) is 0 Å². The van der Waals surface area contributed by atoms with E-state index in [2.05, 4.69) is 19.2 Å². The van der Waals surface area contributed by atoms with Gasteiger partial charge in [0.15, 0.2) is 0 Å². The van der Waals surface area contributed by atoms with Crippen molar-refractivity contribution < 1.29 is 13.2 Å². The zero-order chi connectivity index (χ0) is 20.1. The summed E-state index contributed by atoms with van der Waals surface area (Å²) in [6.45, 7) is 5.39. The molecule has 5 nitrogen and oxygen atoms in total. The predicted molar refractivity (Wildman–Crippen MR) is 113 cm³/mol. The van der Waals surface area contributed by atoms with Gasteiger partial charge in [0.2, 0.25) is 10.0 Å². The number of amides is 1. The van der Waals surface area contributed by atoms with Crippen LogP contribution in [0.2, 0.25) is 0 Å². The number of hydrogen-bond acceptors (Lipinski definition) is 3. The van der Waals surface area contributed by atoms with Gasteiger partial charge in [-0.25, -0.2) is 12.7 Å². The highest BCUT2D eigenvalue weighted by Crippen LogP contribution is 2.24. The summed E-state index contributed by atoms with van der Waals surface area (Å²) >= 11 is 0. The summed E-state index contributed by atoms with van der Waals surface area (Å²) in [6.07, 6.45) is 2.95. The Kier molecular flexibility index (Phi) is 6.52. The van der Waals surface area contributed by atoms with E-state index in [4.69, 9.17) is 0 Å². The molecule has 0 radical (unpaired) electrons. The van der Waals surface area contributed by atoms with Crippen molar-refractivity contribution in [3.63, 3.8) is 0 Å². The van der Waals surface area contributed by atoms with Crippen LogP contribution < -0.4 is 5.32 Å². The maximum atomic E-state index is 12.6. The molecule has 28 heavy (non-hydrogen) atoms. The average Bonchev–Trinajstić information content (AvgIpc) is 2.69. The van der Waals surface area contributed by atoms with Crippen molar-refractivity contribution in [1.29, 1.82) is 0 Å². The number of benzene rings is 2. The molecule has 2 aromatic carbocycles. The highest BCUT2D eigenvalue weighted by atomic mass is 32.2. The second-order valence-electron chi connectivity index (χ2n) is 7.61. The Morgan fingerprint density at radius 2 is 1.64 bits per heavy atom. The number of rotatable bonds is 6. The van der Waals surface area contributed by atoms with E-state index in [0.717, 1.165) is 30.5 Å². The average molecular weight is 401 g/mol. The number of anilines is 1. The van der Waals surface area contributed by atoms with Gasteiger partial charge in [-0.3, -0.25) is 4.79 Å². The first-order chi connectivity index (χ1) is 13.4. The minimum absolute atomic E-state index is 0.0227. The monoisotopic (exact) mass is 400 g/mol. The summed E-state index contributed by atoms with van der Waals surface area (Å²) in [5.41, 5.74) is 3.10. The molecule has 6 heteroatoms. The number of carbonyl (C=O) groups excluding carboxylic acids is 1. The zero-order valence-electron chi connectivity index (χ0n) is 16.5. The quantitative estimate of drug-likeness (QED) is 0.783. The molecule has 150 valence electrons. The van der Waals surface area contributed by atoms with Gasteiger partial charge in [0.1, 0.15) is 0 Å². The number of piperidine rings is 1. The lowest BCUT2D eigenvalue weighted by Crippen LogP contribution is -2.36. The van der Waals surface area contributed by atoms with Crippen molar-refractivity contribution in [3.05, 3.63) is 65.2 Å². The first kappa shape index (κ1) is 20.6. The minimum atomic E-state index is -3.30. The lowest BCUT2D eigenvalue weighted by atomic mass is 10.0. The van der Waals surface area contributed by atoms with Crippen LogP contribution >= 0.6 is 0 Å². The van der Waals surface area contributed by atoms with Crippen LogP contribution in [0.25, 0.3) is 0 Å². The van der Waals surface area contributed by atoms with Crippen molar-refractivity contribution in [3.8, 4) is 0 Å². The predicted octanol–water partition coefficient (Wildman–Crippen LogP) is 4.38. The molecule has 3 rings (SSSR count). The normalized spacial score (nSPS) is 15.5. The van der Waals surface area contributed by atoms with E-state index in [-0.39, 0.29) is 11.7 Å². The first-order valence-corrected chi connectivity index (χ1v) is 11.4. The number of nitrogens with zero attached hydrogens (tertiary/aromatic N) is 1. The summed E-state index contributed by atoms with van der Waals surface area (Å²) in [5, 5.41) is 2.96. The van der Waals surface area contributed by atoms with Gasteiger partial charge in [-0.15, -0.1) is 0 Å². The van der Waals surface area contributed by atoms with Crippen molar-refractivity contribution in [2.75, 3.05) is 18.4 Å². The van der Waals surface area contributed by atoms with Gasteiger partial charge in [0, 0.05) is 24.3 Å². The Balaban J connectivity index is 1.68. The lowest BCUT2D eigenvalue weighted by molar-refractivity contribution is 0.102. The van der Waals surface area contributed by atoms with Crippen molar-refractivity contribution in [1.82, 2.24) is 4.31 Å². The SMILES string of the molecule is CC(C)c1ccccc1NC(=O)c1ccc(CS(=O)(=O)N2CCCCC2)cc1. The van der Waals surface area contributed by atoms with Gasteiger partial charge in [-0.05, 0) is 48.1 Å². The third kappa shape index (κ3) is 5.00. The van der Waals surface area contributed by atoms with Crippen LogP contribution in [-0.4, -0.2) is 31.7 Å². The molecule has 0 saturated carbocycles. The Hall–Kier alpha value is -2.18. The fourth-order valence-electron chi connectivity index (χ4n) is 3.51. The third-order valence-electron chi connectivity index (χ3n) is 5.10. The molecule has 2 aromatic rings. The Labute approximate surface area is 167 Å². The standard InChI is InChI=1S/C22H28N2O3S/c1-17(2)20-8-4-5-9-21(20)23-22(25)19-12-10-18(11-13-19)16-28(26,27)24-14-6-3-7-15-24/h4-5,8-13,17H,3,6-7,14-16H2,1-2H3,(H,23,25). The fraction of sp³-hybridized carbons (Fsp3) is 0.409. The third-order valence-corrected chi connectivity index (χ3v) is 6.95. The summed E-state index contributed by atoms with van der Waals surface area (Å²) in [7, 11) is -3.30. The highest BCUT2D eigenvalue weighted by Gasteiger charge is 2.24. The molecule has 1 heterocycles. The summed E-state index contributed by atoms with van der Waals surface area (Å²) in [6, 6.07) is 14.6. The Bertz CT molecular complexity index is 915. The van der Waals surface area contributed by atoms with E-state index in [1.54, 1.807) is 28.6 Å². The molecule has 1 aliphatic heterocycles. The summed E-state index contributed by atoms with van der Waals surface area (Å²) < 4.78 is 26.7. The van der Waals surface area contributed by atoms with E-state index in [0.29, 0.717) is 30.1 Å². The molecule has 0 aliphatic carbocycles. The molecule has 0 bridgehead atoms. The van der Waals surface area contributed by atoms with Crippen LogP contribution in [0.3, 0.4) is 0 Å². The van der Waals surface area contributed by atoms with Crippen LogP contribution in [0.1, 0.15) is 60.5 Å². The van der Waals surface area contributed by atoms with Crippen LogP contribution in [0.4, 0.5) is 5.69 Å². The molecule has 0 aromatic heterocycles. The zero-order valence-corrected chi connectivity index (χ0v) is 17.3. The second kappa shape index (κ2) is 8.88. The lowest BCUT2D eigenvalue weighted by Gasteiger charge is -2.25. The molecule has 1 fully saturated rings. The fourth-order valence-corrected chi connectivity index (χ4v) is 5.12. The van der Waals surface area contributed by atoms with Crippen LogP contribution in [0, 0.1) is 0 Å². The number of carbonyl (C=O) groups is 1. The van der Waals surface area contributed by atoms with Gasteiger partial charge >= 0.3 is 0 Å². The van der Waals surface area contributed by atoms with Gasteiger partial charge in [-0.1, -0.05) is 50.6 Å². The van der Waals surface area contributed by atoms with Crippen molar-refractivity contribution in [2.24, 2.45) is 0 Å².